The Kier molecular flexibility index (Phi) is 3.41. The van der Waals surface area contributed by atoms with Crippen LogP contribution in [0.5, 0.6) is 0 Å². The van der Waals surface area contributed by atoms with Crippen molar-refractivity contribution >= 4 is 27.5 Å². The summed E-state index contributed by atoms with van der Waals surface area (Å²) >= 11 is 9.54. The van der Waals surface area contributed by atoms with Crippen molar-refractivity contribution < 1.29 is 0 Å². The quantitative estimate of drug-likeness (QED) is 0.911. The van der Waals surface area contributed by atoms with Gasteiger partial charge in [0, 0.05) is 15.5 Å². The highest BCUT2D eigenvalue weighted by Crippen LogP contribution is 2.29. The van der Waals surface area contributed by atoms with Gasteiger partial charge < -0.3 is 9.88 Å². The molecule has 1 saturated heterocycles. The van der Waals surface area contributed by atoms with E-state index in [4.69, 9.17) is 11.6 Å². The van der Waals surface area contributed by atoms with Crippen LogP contribution in [0.4, 0.5) is 0 Å². The third kappa shape index (κ3) is 2.20. The molecule has 3 nitrogen and oxygen atoms in total. The maximum atomic E-state index is 5.98. The summed E-state index contributed by atoms with van der Waals surface area (Å²) in [6, 6.07) is 6.21. The highest BCUT2D eigenvalue weighted by atomic mass is 79.9. The summed E-state index contributed by atoms with van der Waals surface area (Å²) in [6.07, 6.45) is 6.17. The minimum Gasteiger partial charge on any atom is -0.309 e. The molecule has 2 heterocycles. The fourth-order valence-corrected chi connectivity index (χ4v) is 3.25. The van der Waals surface area contributed by atoms with Crippen LogP contribution in [-0.2, 0) is 0 Å². The average molecular weight is 327 g/mol. The molecule has 5 heteroatoms. The molecule has 0 aliphatic carbocycles. The van der Waals surface area contributed by atoms with Crippen LogP contribution in [0, 0.1) is 0 Å². The number of hydrogen-bond acceptors (Lipinski definition) is 2. The van der Waals surface area contributed by atoms with E-state index in [1.807, 2.05) is 30.7 Å². The first kappa shape index (κ1) is 12.2. The summed E-state index contributed by atoms with van der Waals surface area (Å²) in [5.74, 6) is 0. The Balaban J connectivity index is 2.03. The van der Waals surface area contributed by atoms with E-state index in [1.54, 1.807) is 0 Å². The second-order valence-corrected chi connectivity index (χ2v) is 5.72. The molecule has 1 aromatic heterocycles. The standard InChI is InChI=1S/C13H13BrClN3/c14-10-6-9(15)3-4-12(10)18-8-16-7-13(18)11-2-1-5-17-11/h3-4,6-8,11,17H,1-2,5H2/t11-/m0/s1. The Labute approximate surface area is 119 Å². The van der Waals surface area contributed by atoms with E-state index in [9.17, 15) is 0 Å². The molecule has 1 aromatic carbocycles. The minimum atomic E-state index is 0.398. The number of nitrogens with zero attached hydrogens (tertiary/aromatic N) is 2. The van der Waals surface area contributed by atoms with Crippen molar-refractivity contribution in [3.8, 4) is 5.69 Å². The molecule has 3 rings (SSSR count). The van der Waals surface area contributed by atoms with Crippen molar-refractivity contribution in [3.05, 3.63) is 45.9 Å². The predicted octanol–water partition coefficient (Wildman–Crippen LogP) is 3.71. The molecule has 0 amide bonds. The van der Waals surface area contributed by atoms with E-state index >= 15 is 0 Å². The Bertz CT molecular complexity index is 561. The molecular weight excluding hydrogens is 314 g/mol. The lowest BCUT2D eigenvalue weighted by atomic mass is 10.1. The van der Waals surface area contributed by atoms with E-state index in [-0.39, 0.29) is 0 Å². The maximum Gasteiger partial charge on any atom is 0.0995 e. The van der Waals surface area contributed by atoms with Gasteiger partial charge in [0.15, 0.2) is 0 Å². The smallest absolute Gasteiger partial charge is 0.0995 e. The molecule has 0 unspecified atom stereocenters. The number of benzene rings is 1. The predicted molar refractivity (Wildman–Crippen MR) is 76.3 cm³/mol. The van der Waals surface area contributed by atoms with Gasteiger partial charge >= 0.3 is 0 Å². The maximum absolute atomic E-state index is 5.98. The monoisotopic (exact) mass is 325 g/mol. The number of hydrogen-bond donors (Lipinski definition) is 1. The number of rotatable bonds is 2. The zero-order valence-corrected chi connectivity index (χ0v) is 12.1. The lowest BCUT2D eigenvalue weighted by Gasteiger charge is -2.15. The molecule has 1 N–H and O–H groups in total. The fourth-order valence-electron chi connectivity index (χ4n) is 2.38. The topological polar surface area (TPSA) is 29.9 Å². The molecule has 0 saturated carbocycles. The van der Waals surface area contributed by atoms with Crippen LogP contribution in [0.3, 0.4) is 0 Å². The molecule has 1 aliphatic rings. The van der Waals surface area contributed by atoms with Crippen molar-refractivity contribution in [1.29, 1.82) is 0 Å². The van der Waals surface area contributed by atoms with Crippen LogP contribution in [-0.4, -0.2) is 16.1 Å². The number of aromatic nitrogens is 2. The zero-order chi connectivity index (χ0) is 12.5. The van der Waals surface area contributed by atoms with Crippen LogP contribution in [0.2, 0.25) is 5.02 Å². The molecule has 18 heavy (non-hydrogen) atoms. The normalized spacial score (nSPS) is 19.3. The second-order valence-electron chi connectivity index (χ2n) is 4.43. The molecule has 1 atom stereocenters. The van der Waals surface area contributed by atoms with E-state index in [2.05, 4.69) is 30.8 Å². The highest BCUT2D eigenvalue weighted by Gasteiger charge is 2.20. The molecule has 0 bridgehead atoms. The van der Waals surface area contributed by atoms with Crippen LogP contribution in [0.15, 0.2) is 35.2 Å². The Morgan fingerprint density at radius 1 is 1.44 bits per heavy atom. The van der Waals surface area contributed by atoms with Gasteiger partial charge in [-0.2, -0.15) is 0 Å². The average Bonchev–Trinajstić information content (AvgIpc) is 2.98. The number of imidazole rings is 1. The molecule has 2 aromatic rings. The van der Waals surface area contributed by atoms with E-state index < -0.39 is 0 Å². The largest absolute Gasteiger partial charge is 0.309 e. The van der Waals surface area contributed by atoms with Crippen LogP contribution < -0.4 is 5.32 Å². The van der Waals surface area contributed by atoms with Gasteiger partial charge in [-0.15, -0.1) is 0 Å². The summed E-state index contributed by atoms with van der Waals surface area (Å²) in [6.45, 7) is 1.08. The van der Waals surface area contributed by atoms with Gasteiger partial charge in [0.1, 0.15) is 0 Å². The molecule has 1 aliphatic heterocycles. The summed E-state index contributed by atoms with van der Waals surface area (Å²) in [5, 5.41) is 4.23. The summed E-state index contributed by atoms with van der Waals surface area (Å²) in [7, 11) is 0. The van der Waals surface area contributed by atoms with E-state index in [0.717, 1.165) is 28.1 Å². The Morgan fingerprint density at radius 2 is 2.33 bits per heavy atom. The molecule has 0 spiro atoms. The zero-order valence-electron chi connectivity index (χ0n) is 9.74. The number of halogens is 2. The van der Waals surface area contributed by atoms with Gasteiger partial charge in [-0.3, -0.25) is 0 Å². The first-order valence-corrected chi connectivity index (χ1v) is 7.14. The first-order valence-electron chi connectivity index (χ1n) is 5.97. The van der Waals surface area contributed by atoms with Crippen molar-refractivity contribution in [2.45, 2.75) is 18.9 Å². The lowest BCUT2D eigenvalue weighted by Crippen LogP contribution is -2.16. The summed E-state index contributed by atoms with van der Waals surface area (Å²) in [4.78, 5) is 4.28. The van der Waals surface area contributed by atoms with Gasteiger partial charge in [0.05, 0.1) is 23.9 Å². The molecule has 1 fully saturated rings. The van der Waals surface area contributed by atoms with E-state index in [1.165, 1.54) is 12.1 Å². The van der Waals surface area contributed by atoms with Crippen LogP contribution in [0.25, 0.3) is 5.69 Å². The van der Waals surface area contributed by atoms with Gasteiger partial charge in [-0.25, -0.2) is 4.98 Å². The Hall–Kier alpha value is -0.840. The SMILES string of the molecule is Clc1ccc(-n2cncc2[C@@H]2CCCN2)c(Br)c1. The van der Waals surface area contributed by atoms with E-state index in [0.29, 0.717) is 6.04 Å². The van der Waals surface area contributed by atoms with Crippen molar-refractivity contribution in [3.63, 3.8) is 0 Å². The van der Waals surface area contributed by atoms with Gasteiger partial charge in [0.2, 0.25) is 0 Å². The van der Waals surface area contributed by atoms with Gasteiger partial charge in [0.25, 0.3) is 0 Å². The third-order valence-electron chi connectivity index (χ3n) is 3.25. The highest BCUT2D eigenvalue weighted by molar-refractivity contribution is 9.10. The second kappa shape index (κ2) is 5.03. The van der Waals surface area contributed by atoms with Gasteiger partial charge in [-0.1, -0.05) is 11.6 Å². The fraction of sp³-hybridized carbons (Fsp3) is 0.308. The summed E-state index contributed by atoms with van der Waals surface area (Å²) in [5.41, 5.74) is 2.27. The Morgan fingerprint density at radius 3 is 3.06 bits per heavy atom. The van der Waals surface area contributed by atoms with Crippen molar-refractivity contribution in [2.24, 2.45) is 0 Å². The molecule has 94 valence electrons. The first-order chi connectivity index (χ1) is 8.75. The van der Waals surface area contributed by atoms with Crippen LogP contribution in [0.1, 0.15) is 24.6 Å². The molecular formula is C13H13BrClN3. The van der Waals surface area contributed by atoms with Crippen molar-refractivity contribution in [2.75, 3.05) is 6.54 Å². The summed E-state index contributed by atoms with van der Waals surface area (Å²) < 4.78 is 3.09. The van der Waals surface area contributed by atoms with Gasteiger partial charge in [-0.05, 0) is 53.5 Å². The van der Waals surface area contributed by atoms with Crippen LogP contribution >= 0.6 is 27.5 Å². The third-order valence-corrected chi connectivity index (χ3v) is 4.12. The lowest BCUT2D eigenvalue weighted by molar-refractivity contribution is 0.615. The minimum absolute atomic E-state index is 0.398. The van der Waals surface area contributed by atoms with Crippen molar-refractivity contribution in [1.82, 2.24) is 14.9 Å². The molecule has 0 radical (unpaired) electrons. The number of nitrogens with one attached hydrogen (secondary N) is 1.